The number of carbonyl (C=O) groups excluding carboxylic acids is 4. The third-order valence-corrected chi connectivity index (χ3v) is 10.8. The monoisotopic (exact) mass is 758 g/mol. The maximum absolute atomic E-state index is 13.1. The van der Waals surface area contributed by atoms with Crippen molar-refractivity contribution >= 4 is 74.7 Å². The molecule has 2 aliphatic rings. The Kier molecular flexibility index (Phi) is 11.5. The summed E-state index contributed by atoms with van der Waals surface area (Å²) in [7, 11) is 0. The molecule has 1 aromatic heterocycles. The molecule has 14 nitrogen and oxygen atoms in total. The van der Waals surface area contributed by atoms with Gasteiger partial charge in [-0.15, -0.1) is 11.3 Å². The summed E-state index contributed by atoms with van der Waals surface area (Å²) >= 11 is 2.42. The van der Waals surface area contributed by atoms with Crippen LogP contribution in [0.1, 0.15) is 57.6 Å². The number of nitro benzene ring substituents is 1. The molecule has 16 heteroatoms. The van der Waals surface area contributed by atoms with E-state index in [1.54, 1.807) is 51.1 Å². The van der Waals surface area contributed by atoms with E-state index in [9.17, 15) is 29.3 Å². The lowest BCUT2D eigenvalue weighted by Crippen LogP contribution is -2.49. The first kappa shape index (κ1) is 37.6. The van der Waals surface area contributed by atoms with E-state index in [0.717, 1.165) is 47.7 Å². The van der Waals surface area contributed by atoms with Gasteiger partial charge in [0, 0.05) is 11.6 Å². The number of nitrogens with zero attached hydrogens (tertiary/aromatic N) is 4. The number of nitro groups is 1. The van der Waals surface area contributed by atoms with E-state index in [-0.39, 0.29) is 42.6 Å². The van der Waals surface area contributed by atoms with E-state index in [4.69, 9.17) is 9.47 Å². The number of carbonyl (C=O) groups is 4. The van der Waals surface area contributed by atoms with Gasteiger partial charge in [-0.3, -0.25) is 29.4 Å². The molecule has 0 bridgehead atoms. The van der Waals surface area contributed by atoms with Crippen LogP contribution in [0.25, 0.3) is 10.2 Å². The first-order valence-electron chi connectivity index (χ1n) is 17.0. The molecule has 2 fully saturated rings. The van der Waals surface area contributed by atoms with Crippen molar-refractivity contribution in [3.63, 3.8) is 0 Å². The molecule has 2 N–H and O–H groups in total. The second kappa shape index (κ2) is 16.2. The van der Waals surface area contributed by atoms with Crippen LogP contribution in [0, 0.1) is 22.0 Å². The molecule has 53 heavy (non-hydrogen) atoms. The number of hydrazone groups is 1. The molecule has 0 radical (unpaired) electrons. The maximum atomic E-state index is 13.1. The van der Waals surface area contributed by atoms with E-state index in [0.29, 0.717) is 26.0 Å². The van der Waals surface area contributed by atoms with Crippen LogP contribution in [0.3, 0.4) is 0 Å². The first-order valence-corrected chi connectivity index (χ1v) is 18.7. The fourth-order valence-electron chi connectivity index (χ4n) is 6.18. The van der Waals surface area contributed by atoms with Gasteiger partial charge in [0.15, 0.2) is 4.34 Å². The molecule has 0 unspecified atom stereocenters. The highest BCUT2D eigenvalue weighted by Gasteiger charge is 2.48. The molecule has 1 aliphatic heterocycles. The second-order valence-corrected chi connectivity index (χ2v) is 16.0. The summed E-state index contributed by atoms with van der Waals surface area (Å²) in [4.78, 5) is 69.6. The van der Waals surface area contributed by atoms with Gasteiger partial charge in [-0.2, -0.15) is 5.10 Å². The predicted octanol–water partition coefficient (Wildman–Crippen LogP) is 6.60. The fraction of sp³-hybridized carbons (Fsp3) is 0.351. The number of nitrogens with one attached hydrogen (secondary N) is 2. The van der Waals surface area contributed by atoms with Crippen molar-refractivity contribution in [1.29, 1.82) is 0 Å². The number of benzene rings is 3. The maximum Gasteiger partial charge on any atom is 0.408 e. The molecule has 1 aliphatic carbocycles. The van der Waals surface area contributed by atoms with Crippen LogP contribution in [-0.4, -0.2) is 58.2 Å². The van der Waals surface area contributed by atoms with E-state index >= 15 is 0 Å². The van der Waals surface area contributed by atoms with E-state index in [1.807, 2.05) is 30.3 Å². The normalized spacial score (nSPS) is 17.9. The average Bonchev–Trinajstić information content (AvgIpc) is 3.64. The smallest absolute Gasteiger partial charge is 0.408 e. The lowest BCUT2D eigenvalue weighted by atomic mass is 9.81. The van der Waals surface area contributed by atoms with E-state index in [2.05, 4.69) is 20.8 Å². The molecule has 1 saturated carbocycles. The molecule has 4 aromatic rings. The number of ether oxygens (including phenoxy) is 2. The number of imide groups is 1. The van der Waals surface area contributed by atoms with Gasteiger partial charge in [0.1, 0.15) is 11.6 Å². The van der Waals surface area contributed by atoms with Crippen molar-refractivity contribution in [3.8, 4) is 0 Å². The summed E-state index contributed by atoms with van der Waals surface area (Å²) < 4.78 is 12.3. The van der Waals surface area contributed by atoms with Gasteiger partial charge < -0.3 is 14.8 Å². The minimum Gasteiger partial charge on any atom is -0.444 e. The minimum absolute atomic E-state index is 0.151. The van der Waals surface area contributed by atoms with Crippen molar-refractivity contribution in [2.75, 3.05) is 11.5 Å². The standard InChI is InChI=1S/C37H38N6O8S2/c1-37(2,3)51-35(47)39-28(21-50-20-22-9-5-4-6-10-22)32(44)41-38-19-23-13-16-30(29(17-23)43(48)49)52-36-40-27-15-14-24(18-31(27)53-36)42-33(45)25-11-7-8-12-26(25)34(42)46/h4-6,9-10,13-19,25-26,28H,7-8,11-12,20-21H2,1-3H3,(H,39,47)(H,41,44)/b38-19-/t25-,26-,28-/m0/s1. The summed E-state index contributed by atoms with van der Waals surface area (Å²) in [6.07, 6.45) is 3.79. The molecular weight excluding hydrogens is 721 g/mol. The van der Waals surface area contributed by atoms with E-state index in [1.165, 1.54) is 28.5 Å². The van der Waals surface area contributed by atoms with Gasteiger partial charge in [-0.05, 0) is 63.4 Å². The van der Waals surface area contributed by atoms with Crippen LogP contribution in [0.4, 0.5) is 16.2 Å². The van der Waals surface area contributed by atoms with Crippen LogP contribution in [-0.2, 0) is 30.5 Å². The molecule has 3 aromatic carbocycles. The van der Waals surface area contributed by atoms with Crippen LogP contribution in [0.2, 0.25) is 0 Å². The molecule has 2 heterocycles. The Hall–Kier alpha value is -5.19. The quantitative estimate of drug-likeness (QED) is 0.0692. The van der Waals surface area contributed by atoms with Crippen molar-refractivity contribution in [1.82, 2.24) is 15.7 Å². The molecular formula is C37H38N6O8S2. The highest BCUT2D eigenvalue weighted by Crippen LogP contribution is 2.43. The largest absolute Gasteiger partial charge is 0.444 e. The third kappa shape index (κ3) is 9.25. The van der Waals surface area contributed by atoms with Crippen LogP contribution in [0.5, 0.6) is 0 Å². The number of alkyl carbamates (subject to hydrolysis) is 1. The Morgan fingerprint density at radius 3 is 2.47 bits per heavy atom. The second-order valence-electron chi connectivity index (χ2n) is 13.7. The topological polar surface area (TPSA) is 182 Å². The molecule has 4 amide bonds. The van der Waals surface area contributed by atoms with Crippen LogP contribution >= 0.6 is 23.1 Å². The molecule has 0 spiro atoms. The number of hydrogen-bond acceptors (Lipinski definition) is 12. The highest BCUT2D eigenvalue weighted by atomic mass is 32.2. The highest BCUT2D eigenvalue weighted by molar-refractivity contribution is 8.01. The zero-order chi connectivity index (χ0) is 37.7. The Morgan fingerprint density at radius 2 is 1.79 bits per heavy atom. The van der Waals surface area contributed by atoms with Crippen molar-refractivity contribution in [3.05, 3.63) is 88.0 Å². The van der Waals surface area contributed by atoms with Crippen LogP contribution < -0.4 is 15.6 Å². The van der Waals surface area contributed by atoms with Gasteiger partial charge in [0.05, 0.1) is 57.0 Å². The first-order chi connectivity index (χ1) is 25.4. The lowest BCUT2D eigenvalue weighted by Gasteiger charge is -2.22. The third-order valence-electron chi connectivity index (χ3n) is 8.62. The zero-order valence-corrected chi connectivity index (χ0v) is 30.9. The van der Waals surface area contributed by atoms with Crippen molar-refractivity contribution < 1.29 is 33.6 Å². The van der Waals surface area contributed by atoms with Gasteiger partial charge >= 0.3 is 6.09 Å². The summed E-state index contributed by atoms with van der Waals surface area (Å²) in [5.41, 5.74) is 3.75. The summed E-state index contributed by atoms with van der Waals surface area (Å²) in [6, 6.07) is 17.9. The molecule has 6 rings (SSSR count). The number of anilines is 1. The summed E-state index contributed by atoms with van der Waals surface area (Å²) in [5, 5.41) is 18.6. The predicted molar refractivity (Wildman–Crippen MR) is 200 cm³/mol. The van der Waals surface area contributed by atoms with Gasteiger partial charge in [-0.1, -0.05) is 61.0 Å². The minimum atomic E-state index is -1.15. The zero-order valence-electron chi connectivity index (χ0n) is 29.3. The molecule has 3 atom stereocenters. The Balaban J connectivity index is 1.12. The molecule has 276 valence electrons. The number of aromatic nitrogens is 1. The van der Waals surface area contributed by atoms with E-state index < -0.39 is 28.6 Å². The Bertz CT molecular complexity index is 2040. The fourth-order valence-corrected chi connectivity index (χ4v) is 8.32. The number of hydrogen-bond donors (Lipinski definition) is 2. The van der Waals surface area contributed by atoms with Crippen molar-refractivity contribution in [2.24, 2.45) is 16.9 Å². The summed E-state index contributed by atoms with van der Waals surface area (Å²) in [5.74, 6) is -1.50. The lowest BCUT2D eigenvalue weighted by molar-refractivity contribution is -0.387. The SMILES string of the molecule is CC(C)(C)OC(=O)N[C@@H](COCc1ccccc1)C(=O)N/N=C\c1ccc(Sc2nc3ccc(N4C(=O)[C@H]5CCCC[C@@H]5C4=O)cc3s2)c([N+](=O)[O-])c1. The number of rotatable bonds is 12. The van der Waals surface area contributed by atoms with Gasteiger partial charge in [-0.25, -0.2) is 15.2 Å². The Morgan fingerprint density at radius 1 is 1.08 bits per heavy atom. The number of amides is 4. The van der Waals surface area contributed by atoms with Crippen molar-refractivity contribution in [2.45, 2.75) is 73.9 Å². The average molecular weight is 759 g/mol. The van der Waals surface area contributed by atoms with Gasteiger partial charge in [0.25, 0.3) is 11.6 Å². The van der Waals surface area contributed by atoms with Crippen LogP contribution in [0.15, 0.2) is 81.1 Å². The molecule has 1 saturated heterocycles. The number of thiazole rings is 1. The number of fused-ring (bicyclic) bond motifs is 2. The summed E-state index contributed by atoms with van der Waals surface area (Å²) in [6.45, 7) is 5.13. The van der Waals surface area contributed by atoms with Gasteiger partial charge in [0.2, 0.25) is 11.8 Å². The Labute approximate surface area is 313 Å².